The van der Waals surface area contributed by atoms with Gasteiger partial charge >= 0.3 is 0 Å². The van der Waals surface area contributed by atoms with Crippen molar-refractivity contribution in [1.29, 1.82) is 0 Å². The number of fused-ring (bicyclic) bond motifs is 1. The summed E-state index contributed by atoms with van der Waals surface area (Å²) in [5, 5.41) is 2.97. The molecule has 0 aliphatic carbocycles. The summed E-state index contributed by atoms with van der Waals surface area (Å²) in [6.07, 6.45) is 5.50. The molecule has 0 saturated heterocycles. The van der Waals surface area contributed by atoms with Crippen molar-refractivity contribution in [2.45, 2.75) is 19.1 Å². The fraction of sp³-hybridized carbons (Fsp3) is 0.429. The molecule has 0 radical (unpaired) electrons. The fourth-order valence-corrected chi connectivity index (χ4v) is 2.62. The number of rotatable bonds is 3. The molecule has 3 heterocycles. The normalized spacial score (nSPS) is 18.8. The summed E-state index contributed by atoms with van der Waals surface area (Å²) in [5.74, 6) is 0.328. The zero-order chi connectivity index (χ0) is 14.1. The summed E-state index contributed by atoms with van der Waals surface area (Å²) < 4.78 is 3.97. The van der Waals surface area contributed by atoms with E-state index in [1.807, 2.05) is 7.05 Å². The van der Waals surface area contributed by atoms with Gasteiger partial charge in [-0.15, -0.1) is 0 Å². The van der Waals surface area contributed by atoms with Crippen LogP contribution in [0, 0.1) is 0 Å². The molecular weight excluding hydrogens is 254 g/mol. The number of hydrogen-bond donors (Lipinski definition) is 1. The summed E-state index contributed by atoms with van der Waals surface area (Å²) in [6.45, 7) is 2.44. The van der Waals surface area contributed by atoms with E-state index in [4.69, 9.17) is 0 Å². The van der Waals surface area contributed by atoms with Crippen LogP contribution >= 0.6 is 0 Å². The van der Waals surface area contributed by atoms with Crippen LogP contribution in [-0.2, 0) is 20.1 Å². The molecule has 2 aromatic heterocycles. The van der Waals surface area contributed by atoms with Crippen LogP contribution < -0.4 is 5.32 Å². The molecule has 0 bridgehead atoms. The van der Waals surface area contributed by atoms with Gasteiger partial charge in [-0.05, 0) is 19.2 Å². The molecule has 1 atom stereocenters. The van der Waals surface area contributed by atoms with E-state index < -0.39 is 0 Å². The molecular formula is C14H19N5O. The van der Waals surface area contributed by atoms with Crippen molar-refractivity contribution in [1.82, 2.24) is 24.3 Å². The van der Waals surface area contributed by atoms with E-state index >= 15 is 0 Å². The number of aryl methyl sites for hydroxylation is 1. The topological polar surface area (TPSA) is 55.1 Å². The molecule has 1 amide bonds. The smallest absolute Gasteiger partial charge is 0.287 e. The van der Waals surface area contributed by atoms with Gasteiger partial charge in [0.05, 0.1) is 0 Å². The molecule has 20 heavy (non-hydrogen) atoms. The highest BCUT2D eigenvalue weighted by Gasteiger charge is 2.23. The summed E-state index contributed by atoms with van der Waals surface area (Å²) in [7, 11) is 3.91. The lowest BCUT2D eigenvalue weighted by Gasteiger charge is -2.34. The van der Waals surface area contributed by atoms with Gasteiger partial charge in [0.2, 0.25) is 0 Å². The minimum Gasteiger partial charge on any atom is -0.349 e. The van der Waals surface area contributed by atoms with E-state index in [1.165, 1.54) is 5.69 Å². The molecule has 1 aliphatic heterocycles. The quantitative estimate of drug-likeness (QED) is 0.884. The van der Waals surface area contributed by atoms with E-state index in [1.54, 1.807) is 17.0 Å². The van der Waals surface area contributed by atoms with Crippen molar-refractivity contribution in [3.05, 3.63) is 42.2 Å². The average molecular weight is 273 g/mol. The summed E-state index contributed by atoms with van der Waals surface area (Å²) in [5.41, 5.74) is 1.32. The van der Waals surface area contributed by atoms with Gasteiger partial charge in [-0.25, -0.2) is 4.98 Å². The highest BCUT2D eigenvalue weighted by Crippen LogP contribution is 2.16. The van der Waals surface area contributed by atoms with Gasteiger partial charge in [0.25, 0.3) is 5.91 Å². The molecule has 1 unspecified atom stereocenters. The van der Waals surface area contributed by atoms with Crippen molar-refractivity contribution in [3.8, 4) is 0 Å². The molecule has 6 nitrogen and oxygen atoms in total. The standard InChI is InChI=1S/C14H19N5O/c1-17-7-5-15-13(17)14(20)16-8-12-10-19-6-3-4-11(19)9-18(12)2/h3-7,12H,8-10H2,1-2H3,(H,16,20). The number of hydrogen-bond acceptors (Lipinski definition) is 3. The Hall–Kier alpha value is -2.08. The van der Waals surface area contributed by atoms with E-state index in [0.717, 1.165) is 13.1 Å². The van der Waals surface area contributed by atoms with Crippen molar-refractivity contribution in [2.75, 3.05) is 13.6 Å². The SMILES string of the molecule is CN1Cc2cccn2CC1CNC(=O)c1nccn1C. The largest absolute Gasteiger partial charge is 0.349 e. The summed E-state index contributed by atoms with van der Waals surface area (Å²) in [6, 6.07) is 4.51. The Morgan fingerprint density at radius 1 is 1.45 bits per heavy atom. The van der Waals surface area contributed by atoms with Crippen LogP contribution in [0.2, 0.25) is 0 Å². The van der Waals surface area contributed by atoms with Gasteiger partial charge in [0.15, 0.2) is 5.82 Å². The summed E-state index contributed by atoms with van der Waals surface area (Å²) in [4.78, 5) is 18.4. The van der Waals surface area contributed by atoms with E-state index in [2.05, 4.69) is 45.1 Å². The zero-order valence-corrected chi connectivity index (χ0v) is 11.8. The van der Waals surface area contributed by atoms with Crippen LogP contribution in [0.4, 0.5) is 0 Å². The van der Waals surface area contributed by atoms with Crippen LogP contribution in [0.1, 0.15) is 16.3 Å². The van der Waals surface area contributed by atoms with Gasteiger partial charge in [0, 0.05) is 57.0 Å². The Bertz CT molecular complexity index is 615. The number of likely N-dealkylation sites (N-methyl/N-ethyl adjacent to an activating group) is 1. The van der Waals surface area contributed by atoms with E-state index in [9.17, 15) is 4.79 Å². The lowest BCUT2D eigenvalue weighted by molar-refractivity contribution is 0.0912. The second kappa shape index (κ2) is 5.13. The third kappa shape index (κ3) is 2.34. The molecule has 106 valence electrons. The molecule has 1 aliphatic rings. The fourth-order valence-electron chi connectivity index (χ4n) is 2.62. The maximum Gasteiger partial charge on any atom is 0.287 e. The van der Waals surface area contributed by atoms with Crippen LogP contribution in [0.25, 0.3) is 0 Å². The third-order valence-electron chi connectivity index (χ3n) is 3.89. The number of nitrogens with zero attached hydrogens (tertiary/aromatic N) is 4. The molecule has 0 saturated carbocycles. The highest BCUT2D eigenvalue weighted by molar-refractivity contribution is 5.90. The number of carbonyl (C=O) groups is 1. The first-order chi connectivity index (χ1) is 9.65. The zero-order valence-electron chi connectivity index (χ0n) is 11.8. The third-order valence-corrected chi connectivity index (χ3v) is 3.89. The minimum absolute atomic E-state index is 0.121. The lowest BCUT2D eigenvalue weighted by Crippen LogP contribution is -2.47. The van der Waals surface area contributed by atoms with Crippen LogP contribution in [0.3, 0.4) is 0 Å². The van der Waals surface area contributed by atoms with E-state index in [0.29, 0.717) is 18.4 Å². The average Bonchev–Trinajstić information content (AvgIpc) is 3.04. The lowest BCUT2D eigenvalue weighted by atomic mass is 10.2. The van der Waals surface area contributed by atoms with Crippen LogP contribution in [-0.4, -0.2) is 44.6 Å². The van der Waals surface area contributed by atoms with Crippen molar-refractivity contribution < 1.29 is 4.79 Å². The molecule has 0 aromatic carbocycles. The predicted molar refractivity (Wildman–Crippen MR) is 75.2 cm³/mol. The molecule has 2 aromatic rings. The number of imidazole rings is 1. The van der Waals surface area contributed by atoms with Crippen molar-refractivity contribution in [3.63, 3.8) is 0 Å². The number of carbonyl (C=O) groups excluding carboxylic acids is 1. The second-order valence-corrected chi connectivity index (χ2v) is 5.29. The van der Waals surface area contributed by atoms with E-state index in [-0.39, 0.29) is 5.91 Å². The molecule has 0 spiro atoms. The monoisotopic (exact) mass is 273 g/mol. The Kier molecular flexibility index (Phi) is 3.31. The predicted octanol–water partition coefficient (Wildman–Crippen LogP) is 0.466. The first-order valence-corrected chi connectivity index (χ1v) is 6.75. The van der Waals surface area contributed by atoms with Gasteiger partial charge in [-0.3, -0.25) is 9.69 Å². The Labute approximate surface area is 118 Å². The van der Waals surface area contributed by atoms with Gasteiger partial charge in [0.1, 0.15) is 0 Å². The molecule has 6 heteroatoms. The maximum atomic E-state index is 12.1. The molecule has 1 N–H and O–H groups in total. The Balaban J connectivity index is 1.62. The Morgan fingerprint density at radius 2 is 2.30 bits per heavy atom. The first-order valence-electron chi connectivity index (χ1n) is 6.75. The Morgan fingerprint density at radius 3 is 3.05 bits per heavy atom. The number of aromatic nitrogens is 3. The van der Waals surface area contributed by atoms with Crippen LogP contribution in [0.15, 0.2) is 30.7 Å². The second-order valence-electron chi connectivity index (χ2n) is 5.29. The number of amides is 1. The minimum atomic E-state index is -0.121. The van der Waals surface area contributed by atoms with Crippen molar-refractivity contribution in [2.24, 2.45) is 7.05 Å². The van der Waals surface area contributed by atoms with Gasteiger partial charge in [-0.2, -0.15) is 0 Å². The highest BCUT2D eigenvalue weighted by atomic mass is 16.2. The van der Waals surface area contributed by atoms with Gasteiger partial charge in [-0.1, -0.05) is 0 Å². The summed E-state index contributed by atoms with van der Waals surface area (Å²) >= 11 is 0. The molecule has 0 fully saturated rings. The first kappa shape index (κ1) is 12.9. The van der Waals surface area contributed by atoms with Crippen molar-refractivity contribution >= 4 is 5.91 Å². The van der Waals surface area contributed by atoms with Gasteiger partial charge < -0.3 is 14.5 Å². The number of nitrogens with one attached hydrogen (secondary N) is 1. The maximum absolute atomic E-state index is 12.1. The van der Waals surface area contributed by atoms with Crippen LogP contribution in [0.5, 0.6) is 0 Å². The molecule has 3 rings (SSSR count).